The molecule has 108 valence electrons. The molecule has 2 aliphatic carbocycles. The molecule has 0 heterocycles. The highest BCUT2D eigenvalue weighted by Crippen LogP contribution is 2.33. The first-order chi connectivity index (χ1) is 9.15. The van der Waals surface area contributed by atoms with E-state index in [0.717, 1.165) is 25.7 Å². The lowest BCUT2D eigenvalue weighted by Gasteiger charge is -2.17. The summed E-state index contributed by atoms with van der Waals surface area (Å²) in [6, 6.07) is -0.675. The number of carboxylic acid groups (broad SMARTS) is 1. The number of aliphatic carboxylic acids is 1. The van der Waals surface area contributed by atoms with Gasteiger partial charge in [0.15, 0.2) is 0 Å². The number of amides is 1. The third kappa shape index (κ3) is 5.21. The first-order valence-electron chi connectivity index (χ1n) is 7.67. The number of carboxylic acids is 1. The maximum atomic E-state index is 12.0. The summed E-state index contributed by atoms with van der Waals surface area (Å²) in [5.74, 6) is 0.0122. The van der Waals surface area contributed by atoms with E-state index in [0.29, 0.717) is 24.7 Å². The second-order valence-electron chi connectivity index (χ2n) is 6.20. The molecular weight excluding hydrogens is 242 g/mol. The molecule has 2 saturated carbocycles. The molecule has 0 aliphatic heterocycles. The van der Waals surface area contributed by atoms with Crippen molar-refractivity contribution in [3.63, 3.8) is 0 Å². The Hall–Kier alpha value is -1.06. The Morgan fingerprint density at radius 3 is 2.16 bits per heavy atom. The third-order valence-corrected chi connectivity index (χ3v) is 4.35. The maximum Gasteiger partial charge on any atom is 0.326 e. The number of nitrogens with one attached hydrogen (secondary N) is 1. The second kappa shape index (κ2) is 6.92. The molecule has 4 heteroatoms. The quantitative estimate of drug-likeness (QED) is 0.727. The Morgan fingerprint density at radius 1 is 1.00 bits per heavy atom. The van der Waals surface area contributed by atoms with Crippen LogP contribution in [-0.4, -0.2) is 23.0 Å². The van der Waals surface area contributed by atoms with Crippen molar-refractivity contribution in [3.05, 3.63) is 0 Å². The van der Waals surface area contributed by atoms with Crippen LogP contribution in [0.5, 0.6) is 0 Å². The normalized spacial score (nSPS) is 22.5. The summed E-state index contributed by atoms with van der Waals surface area (Å²) >= 11 is 0. The van der Waals surface area contributed by atoms with Gasteiger partial charge in [-0.1, -0.05) is 38.5 Å². The zero-order valence-electron chi connectivity index (χ0n) is 11.6. The van der Waals surface area contributed by atoms with Crippen LogP contribution in [0.4, 0.5) is 0 Å². The van der Waals surface area contributed by atoms with Gasteiger partial charge in [0.1, 0.15) is 6.04 Å². The van der Waals surface area contributed by atoms with Gasteiger partial charge in [0.2, 0.25) is 5.91 Å². The van der Waals surface area contributed by atoms with Gasteiger partial charge >= 0.3 is 5.97 Å². The second-order valence-corrected chi connectivity index (χ2v) is 6.20. The molecule has 1 unspecified atom stereocenters. The zero-order chi connectivity index (χ0) is 13.7. The molecule has 0 aromatic heterocycles. The fourth-order valence-corrected chi connectivity index (χ4v) is 2.99. The summed E-state index contributed by atoms with van der Waals surface area (Å²) in [7, 11) is 0. The van der Waals surface area contributed by atoms with Gasteiger partial charge in [-0.25, -0.2) is 4.79 Å². The van der Waals surface area contributed by atoms with Crippen molar-refractivity contribution in [1.29, 1.82) is 0 Å². The van der Waals surface area contributed by atoms with Crippen LogP contribution < -0.4 is 5.32 Å². The first-order valence-corrected chi connectivity index (χ1v) is 7.67. The zero-order valence-corrected chi connectivity index (χ0v) is 11.6. The molecule has 2 N–H and O–H groups in total. The smallest absolute Gasteiger partial charge is 0.326 e. The maximum absolute atomic E-state index is 12.0. The van der Waals surface area contributed by atoms with Crippen LogP contribution in [0.25, 0.3) is 0 Å². The van der Waals surface area contributed by atoms with Crippen LogP contribution >= 0.6 is 0 Å². The van der Waals surface area contributed by atoms with Crippen LogP contribution in [0.2, 0.25) is 0 Å². The van der Waals surface area contributed by atoms with Crippen molar-refractivity contribution < 1.29 is 14.7 Å². The minimum Gasteiger partial charge on any atom is -0.480 e. The Labute approximate surface area is 115 Å². The van der Waals surface area contributed by atoms with Crippen molar-refractivity contribution in [2.45, 2.75) is 70.3 Å². The molecule has 0 aromatic rings. The Morgan fingerprint density at radius 2 is 1.63 bits per heavy atom. The lowest BCUT2D eigenvalue weighted by molar-refractivity contribution is -0.142. The number of carbonyl (C=O) groups excluding carboxylic acids is 1. The Balaban J connectivity index is 1.75. The van der Waals surface area contributed by atoms with Gasteiger partial charge in [-0.05, 0) is 31.1 Å². The summed E-state index contributed by atoms with van der Waals surface area (Å²) in [5, 5.41) is 11.9. The summed E-state index contributed by atoms with van der Waals surface area (Å²) in [4.78, 5) is 23.1. The van der Waals surface area contributed by atoms with E-state index in [1.807, 2.05) is 0 Å². The van der Waals surface area contributed by atoms with Gasteiger partial charge in [0.05, 0.1) is 0 Å². The van der Waals surface area contributed by atoms with Gasteiger partial charge in [-0.15, -0.1) is 0 Å². The Bertz CT molecular complexity index is 317. The molecular formula is C15H25NO3. The molecule has 0 bridgehead atoms. The minimum atomic E-state index is -0.888. The van der Waals surface area contributed by atoms with Crippen molar-refractivity contribution in [2.24, 2.45) is 11.8 Å². The van der Waals surface area contributed by atoms with Gasteiger partial charge in [0, 0.05) is 6.42 Å². The molecule has 0 spiro atoms. The van der Waals surface area contributed by atoms with E-state index in [9.17, 15) is 9.59 Å². The lowest BCUT2D eigenvalue weighted by Crippen LogP contribution is -2.41. The van der Waals surface area contributed by atoms with Crippen LogP contribution in [0.1, 0.15) is 64.2 Å². The van der Waals surface area contributed by atoms with E-state index in [1.54, 1.807) is 0 Å². The third-order valence-electron chi connectivity index (χ3n) is 4.35. The van der Waals surface area contributed by atoms with Gasteiger partial charge < -0.3 is 10.4 Å². The summed E-state index contributed by atoms with van der Waals surface area (Å²) in [6.07, 6.45) is 10.5. The van der Waals surface area contributed by atoms with Gasteiger partial charge in [-0.2, -0.15) is 0 Å². The Kier molecular flexibility index (Phi) is 5.23. The van der Waals surface area contributed by atoms with E-state index in [-0.39, 0.29) is 5.91 Å². The van der Waals surface area contributed by atoms with Crippen LogP contribution in [-0.2, 0) is 9.59 Å². The van der Waals surface area contributed by atoms with Gasteiger partial charge in [0.25, 0.3) is 0 Å². The predicted molar refractivity (Wildman–Crippen MR) is 72.7 cm³/mol. The summed E-state index contributed by atoms with van der Waals surface area (Å²) < 4.78 is 0. The fraction of sp³-hybridized carbons (Fsp3) is 0.867. The summed E-state index contributed by atoms with van der Waals surface area (Å²) in [5.41, 5.74) is 0. The highest BCUT2D eigenvalue weighted by Gasteiger charge is 2.30. The monoisotopic (exact) mass is 267 g/mol. The molecule has 1 amide bonds. The SMILES string of the molecule is O=C(CC1CCCCCC1)NC(CC1CC1)C(=O)O. The van der Waals surface area contributed by atoms with Crippen LogP contribution in [0, 0.1) is 11.8 Å². The highest BCUT2D eigenvalue weighted by atomic mass is 16.4. The van der Waals surface area contributed by atoms with E-state index >= 15 is 0 Å². The molecule has 0 aromatic carbocycles. The van der Waals surface area contributed by atoms with E-state index in [1.165, 1.54) is 25.7 Å². The molecule has 2 fully saturated rings. The summed E-state index contributed by atoms with van der Waals surface area (Å²) in [6.45, 7) is 0. The van der Waals surface area contributed by atoms with E-state index in [2.05, 4.69) is 5.32 Å². The standard InChI is InChI=1S/C15H25NO3/c17-14(10-11-5-3-1-2-4-6-11)16-13(15(18)19)9-12-7-8-12/h11-13H,1-10H2,(H,16,17)(H,18,19). The molecule has 4 nitrogen and oxygen atoms in total. The average Bonchev–Trinajstić information content (AvgIpc) is 3.15. The number of carbonyl (C=O) groups is 2. The highest BCUT2D eigenvalue weighted by molar-refractivity contribution is 5.83. The van der Waals surface area contributed by atoms with Crippen molar-refractivity contribution in [1.82, 2.24) is 5.32 Å². The predicted octanol–water partition coefficient (Wildman–Crippen LogP) is 2.72. The van der Waals surface area contributed by atoms with E-state index in [4.69, 9.17) is 5.11 Å². The molecule has 1 atom stereocenters. The van der Waals surface area contributed by atoms with Crippen molar-refractivity contribution in [3.8, 4) is 0 Å². The molecule has 0 saturated heterocycles. The van der Waals surface area contributed by atoms with Crippen LogP contribution in [0.3, 0.4) is 0 Å². The molecule has 2 aliphatic rings. The first kappa shape index (κ1) is 14.4. The lowest BCUT2D eigenvalue weighted by atomic mass is 9.96. The van der Waals surface area contributed by atoms with Crippen molar-refractivity contribution >= 4 is 11.9 Å². The molecule has 0 radical (unpaired) electrons. The van der Waals surface area contributed by atoms with Crippen molar-refractivity contribution in [2.75, 3.05) is 0 Å². The largest absolute Gasteiger partial charge is 0.480 e. The average molecular weight is 267 g/mol. The van der Waals surface area contributed by atoms with Gasteiger partial charge in [-0.3, -0.25) is 4.79 Å². The number of hydrogen-bond donors (Lipinski definition) is 2. The fourth-order valence-electron chi connectivity index (χ4n) is 2.99. The molecule has 19 heavy (non-hydrogen) atoms. The number of hydrogen-bond acceptors (Lipinski definition) is 2. The molecule has 2 rings (SSSR count). The topological polar surface area (TPSA) is 66.4 Å². The minimum absolute atomic E-state index is 0.0695. The van der Waals surface area contributed by atoms with Crippen LogP contribution in [0.15, 0.2) is 0 Å². The number of rotatable bonds is 6. The van der Waals surface area contributed by atoms with E-state index < -0.39 is 12.0 Å².